The molecule has 0 bridgehead atoms. The van der Waals surface area contributed by atoms with E-state index in [1.807, 2.05) is 0 Å². The topological polar surface area (TPSA) is 29.3 Å². The molecule has 2 heteroatoms. The second kappa shape index (κ2) is 3.28. The third-order valence-electron chi connectivity index (χ3n) is 3.22. The maximum atomic E-state index is 5.96. The van der Waals surface area contributed by atoms with Crippen LogP contribution in [-0.2, 0) is 6.42 Å². The first kappa shape index (κ1) is 9.53. The Morgan fingerprint density at radius 1 is 1.50 bits per heavy atom. The molecule has 0 spiro atoms. The van der Waals surface area contributed by atoms with Crippen LogP contribution in [0.1, 0.15) is 31.0 Å². The summed E-state index contributed by atoms with van der Waals surface area (Å²) >= 11 is 0. The molecule has 1 aromatic carbocycles. The van der Waals surface area contributed by atoms with E-state index in [0.717, 1.165) is 6.42 Å². The average molecular weight is 190 g/mol. The van der Waals surface area contributed by atoms with Gasteiger partial charge in [0.1, 0.15) is 0 Å². The quantitative estimate of drug-likeness (QED) is 0.734. The summed E-state index contributed by atoms with van der Waals surface area (Å²) in [5, 5.41) is 0. The van der Waals surface area contributed by atoms with Crippen LogP contribution in [0.2, 0.25) is 0 Å². The van der Waals surface area contributed by atoms with Gasteiger partial charge in [0.2, 0.25) is 0 Å². The second-order valence-corrected chi connectivity index (χ2v) is 4.30. The van der Waals surface area contributed by atoms with Crippen molar-refractivity contribution >= 4 is 5.69 Å². The minimum atomic E-state index is 0.142. The molecule has 1 heterocycles. The van der Waals surface area contributed by atoms with Gasteiger partial charge in [-0.1, -0.05) is 12.1 Å². The molecule has 0 amide bonds. The molecular formula is C12H18N2. The highest BCUT2D eigenvalue weighted by atomic mass is 15.1. The molecule has 0 aromatic heterocycles. The van der Waals surface area contributed by atoms with E-state index in [1.165, 1.54) is 16.8 Å². The molecule has 14 heavy (non-hydrogen) atoms. The van der Waals surface area contributed by atoms with E-state index in [2.05, 4.69) is 44.0 Å². The molecule has 2 N–H and O–H groups in total. The van der Waals surface area contributed by atoms with Crippen molar-refractivity contribution in [3.05, 3.63) is 29.3 Å². The van der Waals surface area contributed by atoms with Crippen molar-refractivity contribution in [2.75, 3.05) is 11.9 Å². The number of hydrogen-bond acceptors (Lipinski definition) is 2. The maximum Gasteiger partial charge on any atom is 0.0402 e. The third-order valence-corrected chi connectivity index (χ3v) is 3.22. The first-order valence-electron chi connectivity index (χ1n) is 5.21. The monoisotopic (exact) mass is 190 g/mol. The van der Waals surface area contributed by atoms with Gasteiger partial charge in [0, 0.05) is 24.8 Å². The van der Waals surface area contributed by atoms with Crippen molar-refractivity contribution in [3.8, 4) is 0 Å². The Morgan fingerprint density at radius 2 is 2.21 bits per heavy atom. The van der Waals surface area contributed by atoms with Crippen LogP contribution in [0.5, 0.6) is 0 Å². The molecule has 2 nitrogen and oxygen atoms in total. The van der Waals surface area contributed by atoms with Crippen LogP contribution < -0.4 is 10.6 Å². The van der Waals surface area contributed by atoms with Crippen LogP contribution in [-0.4, -0.2) is 13.1 Å². The third kappa shape index (κ3) is 1.30. The molecule has 2 unspecified atom stereocenters. The number of benzene rings is 1. The molecule has 1 aromatic rings. The van der Waals surface area contributed by atoms with Gasteiger partial charge in [-0.05, 0) is 37.5 Å². The fraction of sp³-hybridized carbons (Fsp3) is 0.500. The number of likely N-dealkylation sites (N-methyl/N-ethyl adjacent to an activating group) is 1. The Hall–Kier alpha value is -1.02. The normalized spacial score (nSPS) is 22.3. The lowest BCUT2D eigenvalue weighted by Crippen LogP contribution is -2.23. The lowest BCUT2D eigenvalue weighted by molar-refractivity contribution is 0.723. The van der Waals surface area contributed by atoms with Gasteiger partial charge in [0.05, 0.1) is 0 Å². The highest BCUT2D eigenvalue weighted by Gasteiger charge is 2.25. The highest BCUT2D eigenvalue weighted by Crippen LogP contribution is 2.34. The Bertz CT molecular complexity index is 344. The summed E-state index contributed by atoms with van der Waals surface area (Å²) in [4.78, 5) is 2.33. The van der Waals surface area contributed by atoms with Gasteiger partial charge in [0.25, 0.3) is 0 Å². The minimum absolute atomic E-state index is 0.142. The van der Waals surface area contributed by atoms with Crippen LogP contribution >= 0.6 is 0 Å². The van der Waals surface area contributed by atoms with Crippen molar-refractivity contribution in [2.24, 2.45) is 5.73 Å². The molecule has 1 aliphatic rings. The summed E-state index contributed by atoms with van der Waals surface area (Å²) < 4.78 is 0. The van der Waals surface area contributed by atoms with Crippen molar-refractivity contribution < 1.29 is 0 Å². The predicted molar refractivity (Wildman–Crippen MR) is 60.6 cm³/mol. The fourth-order valence-electron chi connectivity index (χ4n) is 2.24. The Morgan fingerprint density at radius 3 is 2.86 bits per heavy atom. The van der Waals surface area contributed by atoms with Crippen LogP contribution in [0.3, 0.4) is 0 Å². The van der Waals surface area contributed by atoms with Crippen molar-refractivity contribution in [3.63, 3.8) is 0 Å². The Kier molecular flexibility index (Phi) is 2.23. The van der Waals surface area contributed by atoms with Gasteiger partial charge in [-0.15, -0.1) is 0 Å². The average Bonchev–Trinajstić information content (AvgIpc) is 2.43. The number of nitrogens with two attached hydrogens (primary N) is 1. The lowest BCUT2D eigenvalue weighted by atomic mass is 9.99. The van der Waals surface area contributed by atoms with Gasteiger partial charge in [-0.3, -0.25) is 0 Å². The molecule has 0 fully saturated rings. The van der Waals surface area contributed by atoms with Gasteiger partial charge in [-0.2, -0.15) is 0 Å². The molecule has 0 aliphatic carbocycles. The second-order valence-electron chi connectivity index (χ2n) is 4.30. The molecule has 0 radical (unpaired) electrons. The Labute approximate surface area is 85.7 Å². The van der Waals surface area contributed by atoms with Gasteiger partial charge in [-0.25, -0.2) is 0 Å². The summed E-state index contributed by atoms with van der Waals surface area (Å²) in [6.07, 6.45) is 1.13. The van der Waals surface area contributed by atoms with E-state index in [-0.39, 0.29) is 6.04 Å². The summed E-state index contributed by atoms with van der Waals surface area (Å²) in [5.74, 6) is 0. The molecular weight excluding hydrogens is 172 g/mol. The van der Waals surface area contributed by atoms with Crippen LogP contribution in [0.25, 0.3) is 0 Å². The number of fused-ring (bicyclic) bond motifs is 1. The van der Waals surface area contributed by atoms with E-state index in [1.54, 1.807) is 0 Å². The zero-order valence-electron chi connectivity index (χ0n) is 9.12. The molecule has 2 rings (SSSR count). The maximum absolute atomic E-state index is 5.96. The molecule has 0 saturated heterocycles. The van der Waals surface area contributed by atoms with E-state index in [0.29, 0.717) is 6.04 Å². The summed E-state index contributed by atoms with van der Waals surface area (Å²) in [6, 6.07) is 7.18. The molecule has 1 aliphatic heterocycles. The van der Waals surface area contributed by atoms with Gasteiger partial charge in [0.15, 0.2) is 0 Å². The lowest BCUT2D eigenvalue weighted by Gasteiger charge is -2.18. The molecule has 76 valence electrons. The molecule has 2 atom stereocenters. The smallest absolute Gasteiger partial charge is 0.0402 e. The van der Waals surface area contributed by atoms with E-state index >= 15 is 0 Å². The summed E-state index contributed by atoms with van der Waals surface area (Å²) in [6.45, 7) is 4.31. The number of nitrogens with zero attached hydrogens (tertiary/aromatic N) is 1. The first-order chi connectivity index (χ1) is 6.61. The van der Waals surface area contributed by atoms with E-state index in [9.17, 15) is 0 Å². The zero-order chi connectivity index (χ0) is 10.3. The van der Waals surface area contributed by atoms with Gasteiger partial charge < -0.3 is 10.6 Å². The largest absolute Gasteiger partial charge is 0.371 e. The molecule has 0 saturated carbocycles. The Balaban J connectivity index is 2.50. The number of anilines is 1. The SMILES string of the molecule is CC(N)c1cccc2c1CC(C)N2C. The standard InChI is InChI=1S/C12H18N2/c1-8-7-11-10(9(2)13)5-4-6-12(11)14(8)3/h4-6,8-9H,7,13H2,1-3H3. The van der Waals surface area contributed by atoms with Crippen LogP contribution in [0.4, 0.5) is 5.69 Å². The van der Waals surface area contributed by atoms with Crippen molar-refractivity contribution in [1.82, 2.24) is 0 Å². The van der Waals surface area contributed by atoms with Gasteiger partial charge >= 0.3 is 0 Å². The van der Waals surface area contributed by atoms with Crippen molar-refractivity contribution in [1.29, 1.82) is 0 Å². The minimum Gasteiger partial charge on any atom is -0.371 e. The van der Waals surface area contributed by atoms with Crippen molar-refractivity contribution in [2.45, 2.75) is 32.4 Å². The van der Waals surface area contributed by atoms with E-state index < -0.39 is 0 Å². The summed E-state index contributed by atoms with van der Waals surface area (Å²) in [5.41, 5.74) is 10.1. The predicted octanol–water partition coefficient (Wildman–Crippen LogP) is 2.09. The van der Waals surface area contributed by atoms with Crippen LogP contribution in [0.15, 0.2) is 18.2 Å². The first-order valence-corrected chi connectivity index (χ1v) is 5.21. The van der Waals surface area contributed by atoms with E-state index in [4.69, 9.17) is 5.73 Å². The highest BCUT2D eigenvalue weighted by molar-refractivity contribution is 5.62. The number of rotatable bonds is 1. The fourth-order valence-corrected chi connectivity index (χ4v) is 2.24. The zero-order valence-corrected chi connectivity index (χ0v) is 9.12. The number of hydrogen-bond donors (Lipinski definition) is 1. The van der Waals surface area contributed by atoms with Crippen LogP contribution in [0, 0.1) is 0 Å². The summed E-state index contributed by atoms with van der Waals surface area (Å²) in [7, 11) is 2.15.